The molecular weight excluding hydrogens is 172 g/mol. The molecule has 1 aliphatic rings. The van der Waals surface area contributed by atoms with Crippen LogP contribution in [0.3, 0.4) is 0 Å². The van der Waals surface area contributed by atoms with Crippen molar-refractivity contribution in [3.05, 3.63) is 18.2 Å². The quantitative estimate of drug-likeness (QED) is 0.485. The van der Waals surface area contributed by atoms with Gasteiger partial charge in [-0.15, -0.1) is 0 Å². The lowest BCUT2D eigenvalue weighted by molar-refractivity contribution is -0.00919. The van der Waals surface area contributed by atoms with Crippen LogP contribution >= 0.6 is 0 Å². The third kappa shape index (κ3) is 1.46. The van der Waals surface area contributed by atoms with Gasteiger partial charge in [-0.25, -0.2) is 4.98 Å². The van der Waals surface area contributed by atoms with Crippen LogP contribution in [0.15, 0.2) is 12.5 Å². The molecule has 5 heteroatoms. The van der Waals surface area contributed by atoms with Gasteiger partial charge in [0.1, 0.15) is 0 Å². The van der Waals surface area contributed by atoms with Gasteiger partial charge in [0.05, 0.1) is 43.1 Å². The maximum atomic E-state index is 9.59. The van der Waals surface area contributed by atoms with Crippen LogP contribution in [0.25, 0.3) is 0 Å². The lowest BCUT2D eigenvalue weighted by Crippen LogP contribution is -2.28. The van der Waals surface area contributed by atoms with Crippen LogP contribution in [0.1, 0.15) is 18.2 Å². The van der Waals surface area contributed by atoms with Gasteiger partial charge in [0.15, 0.2) is 0 Å². The fourth-order valence-corrected chi connectivity index (χ4v) is 1.59. The fraction of sp³-hybridized carbons (Fsp3) is 0.625. The van der Waals surface area contributed by atoms with E-state index in [1.807, 2.05) is 0 Å². The van der Waals surface area contributed by atoms with Gasteiger partial charge in [-0.1, -0.05) is 0 Å². The van der Waals surface area contributed by atoms with E-state index in [0.29, 0.717) is 5.69 Å². The van der Waals surface area contributed by atoms with Crippen LogP contribution < -0.4 is 0 Å². The largest absolute Gasteiger partial charge is 0.390 e. The number of aliphatic hydroxyl groups is 3. The Kier molecular flexibility index (Phi) is 2.07. The maximum Gasteiger partial charge on any atom is 0.0981 e. The van der Waals surface area contributed by atoms with Crippen LogP contribution in [0.4, 0.5) is 0 Å². The summed E-state index contributed by atoms with van der Waals surface area (Å²) in [6.45, 7) is 0.285. The lowest BCUT2D eigenvalue weighted by Gasteiger charge is -2.14. The van der Waals surface area contributed by atoms with E-state index in [4.69, 9.17) is 0 Å². The summed E-state index contributed by atoms with van der Waals surface area (Å²) in [4.78, 5) is 3.87. The minimum Gasteiger partial charge on any atom is -0.390 e. The van der Waals surface area contributed by atoms with E-state index in [-0.39, 0.29) is 13.0 Å². The average Bonchev–Trinajstić information content (AvgIpc) is 2.48. The van der Waals surface area contributed by atoms with Crippen molar-refractivity contribution in [2.45, 2.75) is 31.3 Å². The van der Waals surface area contributed by atoms with Gasteiger partial charge in [-0.3, -0.25) is 0 Å². The Bertz CT molecular complexity index is 299. The predicted molar refractivity (Wildman–Crippen MR) is 43.8 cm³/mol. The molecule has 1 aromatic rings. The summed E-state index contributed by atoms with van der Waals surface area (Å²) in [7, 11) is 0. The molecular formula is C8H12N2O3. The van der Waals surface area contributed by atoms with Crippen molar-refractivity contribution in [2.75, 3.05) is 0 Å². The second-order valence-corrected chi connectivity index (χ2v) is 3.36. The SMILES string of the molecule is O[C@@H]1C[C@H](O)[C@H](O)Cn2cncc21. The topological polar surface area (TPSA) is 78.5 Å². The maximum absolute atomic E-state index is 9.59. The normalized spacial score (nSPS) is 33.9. The summed E-state index contributed by atoms with van der Waals surface area (Å²) < 4.78 is 1.66. The average molecular weight is 184 g/mol. The minimum atomic E-state index is -0.866. The molecule has 2 rings (SSSR count). The zero-order valence-electron chi connectivity index (χ0n) is 7.04. The van der Waals surface area contributed by atoms with Crippen molar-refractivity contribution < 1.29 is 15.3 Å². The van der Waals surface area contributed by atoms with E-state index in [9.17, 15) is 15.3 Å². The Morgan fingerprint density at radius 3 is 2.85 bits per heavy atom. The number of rotatable bonds is 0. The molecule has 72 valence electrons. The third-order valence-electron chi connectivity index (χ3n) is 2.38. The molecule has 0 bridgehead atoms. The monoisotopic (exact) mass is 184 g/mol. The second-order valence-electron chi connectivity index (χ2n) is 3.36. The Hall–Kier alpha value is -0.910. The number of aliphatic hydroxyl groups excluding tert-OH is 3. The Balaban J connectivity index is 2.32. The molecule has 0 amide bonds. The molecule has 5 nitrogen and oxygen atoms in total. The summed E-state index contributed by atoms with van der Waals surface area (Å²) >= 11 is 0. The smallest absolute Gasteiger partial charge is 0.0981 e. The molecule has 13 heavy (non-hydrogen) atoms. The highest BCUT2D eigenvalue weighted by Gasteiger charge is 2.27. The summed E-state index contributed by atoms with van der Waals surface area (Å²) in [5.41, 5.74) is 0.649. The van der Waals surface area contributed by atoms with Gasteiger partial charge in [0.2, 0.25) is 0 Å². The lowest BCUT2D eigenvalue weighted by atomic mass is 10.1. The van der Waals surface area contributed by atoms with Crippen molar-refractivity contribution in [1.82, 2.24) is 9.55 Å². The highest BCUT2D eigenvalue weighted by atomic mass is 16.3. The molecule has 1 aromatic heterocycles. The van der Waals surface area contributed by atoms with E-state index >= 15 is 0 Å². The Morgan fingerprint density at radius 2 is 2.08 bits per heavy atom. The van der Waals surface area contributed by atoms with Crippen molar-refractivity contribution >= 4 is 0 Å². The van der Waals surface area contributed by atoms with Crippen molar-refractivity contribution in [2.24, 2.45) is 0 Å². The molecule has 2 heterocycles. The molecule has 3 N–H and O–H groups in total. The van der Waals surface area contributed by atoms with Crippen LogP contribution in [0, 0.1) is 0 Å². The molecule has 0 fully saturated rings. The first-order valence-corrected chi connectivity index (χ1v) is 4.22. The number of fused-ring (bicyclic) bond motifs is 1. The molecule has 0 spiro atoms. The highest BCUT2D eigenvalue weighted by molar-refractivity contribution is 5.05. The van der Waals surface area contributed by atoms with Gasteiger partial charge < -0.3 is 19.9 Å². The third-order valence-corrected chi connectivity index (χ3v) is 2.38. The van der Waals surface area contributed by atoms with E-state index < -0.39 is 18.3 Å². The first kappa shape index (κ1) is 8.68. The summed E-state index contributed by atoms with van der Waals surface area (Å²) in [6.07, 6.45) is 0.817. The number of aromatic nitrogens is 2. The standard InChI is InChI=1S/C8H12N2O3/c11-6-1-7(12)8(13)3-10-4-9-2-5(6)10/h2,4,6-8,11-13H,1,3H2/t6-,7+,8-/m1/s1. The van der Waals surface area contributed by atoms with Gasteiger partial charge in [0.25, 0.3) is 0 Å². The van der Waals surface area contributed by atoms with Crippen LogP contribution in [-0.2, 0) is 6.54 Å². The first-order valence-electron chi connectivity index (χ1n) is 4.22. The fourth-order valence-electron chi connectivity index (χ4n) is 1.59. The predicted octanol–water partition coefficient (Wildman–Crippen LogP) is -0.958. The summed E-state index contributed by atoms with van der Waals surface area (Å²) in [5, 5.41) is 28.4. The van der Waals surface area contributed by atoms with E-state index in [2.05, 4.69) is 4.98 Å². The van der Waals surface area contributed by atoms with E-state index in [0.717, 1.165) is 0 Å². The Morgan fingerprint density at radius 1 is 1.31 bits per heavy atom. The minimum absolute atomic E-state index is 0.160. The van der Waals surface area contributed by atoms with Gasteiger partial charge in [-0.2, -0.15) is 0 Å². The second kappa shape index (κ2) is 3.10. The number of imidazole rings is 1. The molecule has 0 aliphatic carbocycles. The van der Waals surface area contributed by atoms with Crippen molar-refractivity contribution in [3.63, 3.8) is 0 Å². The van der Waals surface area contributed by atoms with Crippen molar-refractivity contribution in [1.29, 1.82) is 0 Å². The zero-order valence-corrected chi connectivity index (χ0v) is 7.04. The van der Waals surface area contributed by atoms with Gasteiger partial charge in [-0.05, 0) is 0 Å². The first-order chi connectivity index (χ1) is 6.18. The zero-order chi connectivity index (χ0) is 9.42. The summed E-state index contributed by atoms with van der Waals surface area (Å²) in [5.74, 6) is 0. The number of nitrogens with zero attached hydrogens (tertiary/aromatic N) is 2. The molecule has 0 saturated carbocycles. The molecule has 1 aliphatic heterocycles. The van der Waals surface area contributed by atoms with Crippen molar-refractivity contribution in [3.8, 4) is 0 Å². The molecule has 0 aromatic carbocycles. The van der Waals surface area contributed by atoms with Crippen LogP contribution in [-0.4, -0.2) is 37.1 Å². The Labute approximate surface area is 75.3 Å². The molecule has 0 radical (unpaired) electrons. The molecule has 3 atom stereocenters. The van der Waals surface area contributed by atoms with Gasteiger partial charge >= 0.3 is 0 Å². The van der Waals surface area contributed by atoms with Crippen LogP contribution in [0.2, 0.25) is 0 Å². The number of hydrogen-bond acceptors (Lipinski definition) is 4. The van der Waals surface area contributed by atoms with E-state index in [1.54, 1.807) is 17.1 Å². The van der Waals surface area contributed by atoms with E-state index in [1.165, 1.54) is 0 Å². The highest BCUT2D eigenvalue weighted by Crippen LogP contribution is 2.23. The van der Waals surface area contributed by atoms with Crippen LogP contribution in [0.5, 0.6) is 0 Å². The molecule has 0 saturated heterocycles. The molecule has 0 unspecified atom stereocenters. The van der Waals surface area contributed by atoms with Gasteiger partial charge in [0, 0.05) is 6.42 Å². The number of hydrogen-bond donors (Lipinski definition) is 3. The summed E-state index contributed by atoms with van der Waals surface area (Å²) in [6, 6.07) is 0.